The third-order valence-electron chi connectivity index (χ3n) is 5.24. The molecule has 7 heteroatoms. The van der Waals surface area contributed by atoms with Gasteiger partial charge in [-0.2, -0.15) is 0 Å². The van der Waals surface area contributed by atoms with E-state index in [1.165, 1.54) is 23.1 Å². The van der Waals surface area contributed by atoms with E-state index in [-0.39, 0.29) is 11.5 Å². The summed E-state index contributed by atoms with van der Waals surface area (Å²) in [5, 5.41) is 1.04. The smallest absolute Gasteiger partial charge is 0.265 e. The molecule has 1 amide bonds. The number of thiocarbonyl (C=S) groups is 1. The number of rotatable bonds is 2. The van der Waals surface area contributed by atoms with Crippen LogP contribution in [-0.4, -0.2) is 39.8 Å². The number of amides is 1. The maximum Gasteiger partial charge on any atom is 0.265 e. The van der Waals surface area contributed by atoms with Crippen LogP contribution in [0.3, 0.4) is 0 Å². The molecule has 2 aliphatic rings. The molecule has 2 aliphatic heterocycles. The summed E-state index contributed by atoms with van der Waals surface area (Å²) in [7, 11) is 3.45. The number of piperidine rings is 1. The summed E-state index contributed by atoms with van der Waals surface area (Å²) in [6, 6.07) is 7.97. The number of nitrogens with zero attached hydrogens (tertiary/aromatic N) is 3. The van der Waals surface area contributed by atoms with Gasteiger partial charge in [-0.3, -0.25) is 14.5 Å². The monoisotopic (exact) mass is 399 g/mol. The molecule has 27 heavy (non-hydrogen) atoms. The molecular weight excluding hydrogens is 378 g/mol. The molecule has 1 aromatic heterocycles. The van der Waals surface area contributed by atoms with E-state index in [1.807, 2.05) is 18.2 Å². The standard InChI is InChI=1S/C20H21N3O2S2/c1-21-15-9-5-4-8-13(15)17(23-10-6-3-7-11-23)14(18(21)24)12-16-19(25)22(2)20(26)27-16/h4-5,8-9,12H,3,6-7,10-11H2,1-2H3. The number of fused-ring (bicyclic) bond motifs is 1. The van der Waals surface area contributed by atoms with Crippen molar-refractivity contribution in [2.24, 2.45) is 7.05 Å². The molecule has 3 heterocycles. The lowest BCUT2D eigenvalue weighted by molar-refractivity contribution is -0.121. The van der Waals surface area contributed by atoms with Gasteiger partial charge in [0.15, 0.2) is 0 Å². The molecule has 0 spiro atoms. The molecule has 0 saturated carbocycles. The molecule has 2 aromatic rings. The summed E-state index contributed by atoms with van der Waals surface area (Å²) in [5.41, 5.74) is 2.33. The Hall–Kier alpha value is -2.12. The van der Waals surface area contributed by atoms with Crippen LogP contribution in [0.1, 0.15) is 24.8 Å². The quantitative estimate of drug-likeness (QED) is 0.572. The van der Waals surface area contributed by atoms with Crippen LogP contribution in [0.2, 0.25) is 0 Å². The Morgan fingerprint density at radius 3 is 2.44 bits per heavy atom. The molecule has 0 radical (unpaired) electrons. The number of carbonyl (C=O) groups excluding carboxylic acids is 1. The van der Waals surface area contributed by atoms with Crippen molar-refractivity contribution in [3.63, 3.8) is 0 Å². The van der Waals surface area contributed by atoms with Gasteiger partial charge in [0, 0.05) is 32.6 Å². The number of thioether (sulfide) groups is 1. The number of para-hydroxylation sites is 1. The van der Waals surface area contributed by atoms with Gasteiger partial charge in [-0.1, -0.05) is 42.2 Å². The highest BCUT2D eigenvalue weighted by molar-refractivity contribution is 8.26. The number of aryl methyl sites for hydroxylation is 1. The Kier molecular flexibility index (Phi) is 4.82. The fourth-order valence-corrected chi connectivity index (χ4v) is 4.93. The molecule has 0 unspecified atom stereocenters. The number of anilines is 1. The van der Waals surface area contributed by atoms with E-state index in [2.05, 4.69) is 11.0 Å². The lowest BCUT2D eigenvalue weighted by Gasteiger charge is -2.31. The third kappa shape index (κ3) is 3.08. The first kappa shape index (κ1) is 18.3. The van der Waals surface area contributed by atoms with Crippen LogP contribution in [-0.2, 0) is 11.8 Å². The SMILES string of the molecule is CN1C(=O)C(=Cc2c(N3CCCCC3)c3ccccc3n(C)c2=O)SC1=S. The Morgan fingerprint density at radius 1 is 1.07 bits per heavy atom. The van der Waals surface area contributed by atoms with E-state index in [9.17, 15) is 9.59 Å². The van der Waals surface area contributed by atoms with Gasteiger partial charge in [-0.25, -0.2) is 0 Å². The molecule has 5 nitrogen and oxygen atoms in total. The number of pyridine rings is 1. The van der Waals surface area contributed by atoms with Crippen LogP contribution in [0.4, 0.5) is 5.69 Å². The lowest BCUT2D eigenvalue weighted by Crippen LogP contribution is -2.33. The highest BCUT2D eigenvalue weighted by atomic mass is 32.2. The lowest BCUT2D eigenvalue weighted by atomic mass is 10.0. The largest absolute Gasteiger partial charge is 0.370 e. The fourth-order valence-electron chi connectivity index (χ4n) is 3.77. The number of hydrogen-bond acceptors (Lipinski definition) is 5. The summed E-state index contributed by atoms with van der Waals surface area (Å²) < 4.78 is 2.18. The summed E-state index contributed by atoms with van der Waals surface area (Å²) in [4.78, 5) is 30.0. The number of aromatic nitrogens is 1. The van der Waals surface area contributed by atoms with Crippen molar-refractivity contribution in [1.82, 2.24) is 9.47 Å². The highest BCUT2D eigenvalue weighted by Gasteiger charge is 2.30. The van der Waals surface area contributed by atoms with Crippen molar-refractivity contribution >= 4 is 56.9 Å². The molecule has 4 rings (SSSR count). The second kappa shape index (κ2) is 7.13. The minimum absolute atomic E-state index is 0.0874. The first-order chi connectivity index (χ1) is 13.0. The first-order valence-corrected chi connectivity index (χ1v) is 10.3. The predicted octanol–water partition coefficient (Wildman–Crippen LogP) is 3.36. The minimum atomic E-state index is -0.148. The highest BCUT2D eigenvalue weighted by Crippen LogP contribution is 2.36. The Bertz CT molecular complexity index is 1040. The number of carbonyl (C=O) groups is 1. The van der Waals surface area contributed by atoms with Gasteiger partial charge in [0.1, 0.15) is 4.32 Å². The number of likely N-dealkylation sites (N-methyl/N-ethyl adjacent to an activating group) is 1. The summed E-state index contributed by atoms with van der Waals surface area (Å²) in [6.45, 7) is 1.85. The molecule has 0 aliphatic carbocycles. The Balaban J connectivity index is 1.99. The fraction of sp³-hybridized carbons (Fsp3) is 0.350. The van der Waals surface area contributed by atoms with Gasteiger partial charge in [0.2, 0.25) is 0 Å². The molecule has 2 fully saturated rings. The zero-order valence-electron chi connectivity index (χ0n) is 15.4. The molecular formula is C20H21N3O2S2. The maximum absolute atomic E-state index is 13.2. The van der Waals surface area contributed by atoms with Crippen LogP contribution in [0.15, 0.2) is 34.0 Å². The van der Waals surface area contributed by atoms with Crippen molar-refractivity contribution in [3.05, 3.63) is 45.1 Å². The van der Waals surface area contributed by atoms with E-state index < -0.39 is 0 Å². The predicted molar refractivity (Wildman–Crippen MR) is 116 cm³/mol. The van der Waals surface area contributed by atoms with Crippen molar-refractivity contribution in [1.29, 1.82) is 0 Å². The second-order valence-corrected chi connectivity index (χ2v) is 8.61. The van der Waals surface area contributed by atoms with E-state index in [4.69, 9.17) is 12.2 Å². The number of hydrogen-bond donors (Lipinski definition) is 0. The summed E-state index contributed by atoms with van der Waals surface area (Å²) >= 11 is 6.49. The second-order valence-electron chi connectivity index (χ2n) is 6.93. The van der Waals surface area contributed by atoms with Gasteiger partial charge in [-0.05, 0) is 31.4 Å². The van der Waals surface area contributed by atoms with Crippen LogP contribution in [0.5, 0.6) is 0 Å². The van der Waals surface area contributed by atoms with Gasteiger partial charge in [0.25, 0.3) is 11.5 Å². The number of benzene rings is 1. The van der Waals surface area contributed by atoms with Gasteiger partial charge < -0.3 is 9.47 Å². The Labute approximate surface area is 167 Å². The molecule has 0 atom stereocenters. The van der Waals surface area contributed by atoms with Crippen molar-refractivity contribution in [2.45, 2.75) is 19.3 Å². The average molecular weight is 400 g/mol. The van der Waals surface area contributed by atoms with E-state index in [0.29, 0.717) is 14.8 Å². The summed E-state index contributed by atoms with van der Waals surface area (Å²) in [5.74, 6) is -0.148. The molecule has 140 valence electrons. The Morgan fingerprint density at radius 2 is 1.78 bits per heavy atom. The molecule has 1 aromatic carbocycles. The zero-order valence-corrected chi connectivity index (χ0v) is 17.0. The van der Waals surface area contributed by atoms with Crippen LogP contribution < -0.4 is 10.5 Å². The van der Waals surface area contributed by atoms with Gasteiger partial charge in [-0.15, -0.1) is 0 Å². The minimum Gasteiger partial charge on any atom is -0.370 e. The normalized spacial score (nSPS) is 19.6. The van der Waals surface area contributed by atoms with E-state index in [1.54, 1.807) is 24.7 Å². The first-order valence-electron chi connectivity index (χ1n) is 9.07. The van der Waals surface area contributed by atoms with Crippen molar-refractivity contribution < 1.29 is 4.79 Å². The molecule has 0 N–H and O–H groups in total. The van der Waals surface area contributed by atoms with Crippen molar-refractivity contribution in [2.75, 3.05) is 25.0 Å². The summed E-state index contributed by atoms with van der Waals surface area (Å²) in [6.07, 6.45) is 5.17. The molecule has 0 bridgehead atoms. The topological polar surface area (TPSA) is 45.6 Å². The average Bonchev–Trinajstić information content (AvgIpc) is 2.93. The van der Waals surface area contributed by atoms with E-state index in [0.717, 1.165) is 42.5 Å². The third-order valence-corrected chi connectivity index (χ3v) is 6.73. The van der Waals surface area contributed by atoms with Crippen LogP contribution >= 0.6 is 24.0 Å². The van der Waals surface area contributed by atoms with Crippen LogP contribution in [0.25, 0.3) is 17.0 Å². The van der Waals surface area contributed by atoms with Crippen LogP contribution in [0, 0.1) is 0 Å². The van der Waals surface area contributed by atoms with Crippen molar-refractivity contribution in [3.8, 4) is 0 Å². The maximum atomic E-state index is 13.2. The van der Waals surface area contributed by atoms with Gasteiger partial charge >= 0.3 is 0 Å². The van der Waals surface area contributed by atoms with E-state index >= 15 is 0 Å². The zero-order chi connectivity index (χ0) is 19.1. The van der Waals surface area contributed by atoms with Gasteiger partial charge in [0.05, 0.1) is 21.7 Å². The molecule has 2 saturated heterocycles.